The molecule has 3 N–H and O–H groups in total. The van der Waals surface area contributed by atoms with E-state index < -0.39 is 5.82 Å². The molecule has 8 heteroatoms. The monoisotopic (exact) mass is 360 g/mol. The highest BCUT2D eigenvalue weighted by molar-refractivity contribution is 9.10. The third-order valence-corrected chi connectivity index (χ3v) is 3.18. The molecule has 0 aliphatic carbocycles. The minimum atomic E-state index is -0.584. The summed E-state index contributed by atoms with van der Waals surface area (Å²) in [5, 5.41) is 2.99. The second kappa shape index (κ2) is 6.23. The summed E-state index contributed by atoms with van der Waals surface area (Å²) in [4.78, 5) is 7.92. The SMILES string of the molecule is CCNc1cc(Oc2cc(F)c(Cl)cc2Br)nc(N)n1. The van der Waals surface area contributed by atoms with Gasteiger partial charge in [0, 0.05) is 18.7 Å². The molecule has 0 unspecified atom stereocenters. The number of halogens is 3. The average molecular weight is 362 g/mol. The van der Waals surface area contributed by atoms with Gasteiger partial charge in [0.1, 0.15) is 17.4 Å². The summed E-state index contributed by atoms with van der Waals surface area (Å²) < 4.78 is 19.4. The van der Waals surface area contributed by atoms with Crippen molar-refractivity contribution in [2.45, 2.75) is 6.92 Å². The topological polar surface area (TPSA) is 73.1 Å². The lowest BCUT2D eigenvalue weighted by molar-refractivity contribution is 0.455. The zero-order valence-corrected chi connectivity index (χ0v) is 12.8. The molecule has 20 heavy (non-hydrogen) atoms. The van der Waals surface area contributed by atoms with Crippen molar-refractivity contribution in [2.24, 2.45) is 0 Å². The minimum absolute atomic E-state index is 0.000218. The summed E-state index contributed by atoms with van der Waals surface area (Å²) in [6, 6.07) is 4.14. The Morgan fingerprint density at radius 1 is 1.40 bits per heavy atom. The van der Waals surface area contributed by atoms with Gasteiger partial charge in [-0.3, -0.25) is 0 Å². The minimum Gasteiger partial charge on any atom is -0.437 e. The Bertz CT molecular complexity index is 641. The zero-order valence-electron chi connectivity index (χ0n) is 10.5. The standard InChI is InChI=1S/C12H11BrClFN4O/c1-2-17-10-5-11(19-12(16)18-10)20-9-4-8(15)7(14)3-6(9)13/h3-5H,2H2,1H3,(H3,16,17,18,19). The molecule has 2 aromatic rings. The number of benzene rings is 1. The molecule has 0 saturated carbocycles. The molecule has 0 spiro atoms. The normalized spacial score (nSPS) is 10.4. The van der Waals surface area contributed by atoms with Gasteiger partial charge < -0.3 is 15.8 Å². The molecular formula is C12H11BrClFN4O. The molecular weight excluding hydrogens is 351 g/mol. The molecule has 2 rings (SSSR count). The molecule has 1 heterocycles. The van der Waals surface area contributed by atoms with Crippen molar-refractivity contribution >= 4 is 39.3 Å². The van der Waals surface area contributed by atoms with Crippen LogP contribution in [-0.4, -0.2) is 16.5 Å². The summed E-state index contributed by atoms with van der Waals surface area (Å²) in [5.41, 5.74) is 5.59. The Morgan fingerprint density at radius 3 is 2.85 bits per heavy atom. The van der Waals surface area contributed by atoms with Crippen LogP contribution in [0.5, 0.6) is 11.6 Å². The number of anilines is 2. The molecule has 106 valence electrons. The fourth-order valence-electron chi connectivity index (χ4n) is 1.46. The zero-order chi connectivity index (χ0) is 14.7. The van der Waals surface area contributed by atoms with Crippen LogP contribution in [0.15, 0.2) is 22.7 Å². The van der Waals surface area contributed by atoms with Crippen LogP contribution in [0.3, 0.4) is 0 Å². The molecule has 1 aromatic heterocycles. The predicted octanol–water partition coefficient (Wildman–Crippen LogP) is 3.84. The van der Waals surface area contributed by atoms with Gasteiger partial charge in [-0.25, -0.2) is 4.39 Å². The van der Waals surface area contributed by atoms with Gasteiger partial charge in [-0.15, -0.1) is 0 Å². The van der Waals surface area contributed by atoms with Crippen LogP contribution >= 0.6 is 27.5 Å². The fourth-order valence-corrected chi connectivity index (χ4v) is 2.18. The van der Waals surface area contributed by atoms with Gasteiger partial charge in [0.2, 0.25) is 11.8 Å². The Balaban J connectivity index is 2.32. The lowest BCUT2D eigenvalue weighted by Crippen LogP contribution is -2.04. The fraction of sp³-hybridized carbons (Fsp3) is 0.167. The Hall–Kier alpha value is -1.60. The first-order valence-corrected chi connectivity index (χ1v) is 6.87. The van der Waals surface area contributed by atoms with E-state index in [0.29, 0.717) is 16.8 Å². The molecule has 0 radical (unpaired) electrons. The number of hydrogen-bond acceptors (Lipinski definition) is 5. The third kappa shape index (κ3) is 3.49. The second-order valence-electron chi connectivity index (χ2n) is 3.78. The lowest BCUT2D eigenvalue weighted by Gasteiger charge is -2.10. The van der Waals surface area contributed by atoms with Gasteiger partial charge in [0.05, 0.1) is 9.50 Å². The first-order valence-electron chi connectivity index (χ1n) is 5.70. The van der Waals surface area contributed by atoms with E-state index in [-0.39, 0.29) is 22.6 Å². The Labute approximate surface area is 128 Å². The van der Waals surface area contributed by atoms with Crippen LogP contribution < -0.4 is 15.8 Å². The van der Waals surface area contributed by atoms with Gasteiger partial charge in [0.15, 0.2) is 0 Å². The number of nitrogens with zero attached hydrogens (tertiary/aromatic N) is 2. The number of rotatable bonds is 4. The largest absolute Gasteiger partial charge is 0.437 e. The molecule has 0 atom stereocenters. The third-order valence-electron chi connectivity index (χ3n) is 2.27. The van der Waals surface area contributed by atoms with Crippen molar-refractivity contribution in [3.8, 4) is 11.6 Å². The van der Waals surface area contributed by atoms with E-state index in [2.05, 4.69) is 31.2 Å². The predicted molar refractivity (Wildman–Crippen MR) is 79.8 cm³/mol. The van der Waals surface area contributed by atoms with Gasteiger partial charge >= 0.3 is 0 Å². The number of aromatic nitrogens is 2. The molecule has 0 amide bonds. The van der Waals surface area contributed by atoms with Crippen LogP contribution in [0.4, 0.5) is 16.2 Å². The first-order chi connectivity index (χ1) is 9.49. The van der Waals surface area contributed by atoms with Crippen LogP contribution in [-0.2, 0) is 0 Å². The summed E-state index contributed by atoms with van der Waals surface area (Å²) >= 11 is 8.90. The van der Waals surface area contributed by atoms with Crippen molar-refractivity contribution in [1.29, 1.82) is 0 Å². The highest BCUT2D eigenvalue weighted by Crippen LogP contribution is 2.33. The number of ether oxygens (including phenoxy) is 1. The Morgan fingerprint density at radius 2 is 2.15 bits per heavy atom. The molecule has 0 bridgehead atoms. The molecule has 0 fully saturated rings. The Kier molecular flexibility index (Phi) is 4.61. The van der Waals surface area contributed by atoms with Gasteiger partial charge in [-0.1, -0.05) is 11.6 Å². The van der Waals surface area contributed by atoms with E-state index in [9.17, 15) is 4.39 Å². The smallest absolute Gasteiger partial charge is 0.226 e. The van der Waals surface area contributed by atoms with Crippen molar-refractivity contribution < 1.29 is 9.13 Å². The molecule has 5 nitrogen and oxygen atoms in total. The van der Waals surface area contributed by atoms with Gasteiger partial charge in [-0.2, -0.15) is 9.97 Å². The van der Waals surface area contributed by atoms with Gasteiger partial charge in [0.25, 0.3) is 0 Å². The van der Waals surface area contributed by atoms with Crippen LogP contribution in [0, 0.1) is 5.82 Å². The maximum atomic E-state index is 13.4. The summed E-state index contributed by atoms with van der Waals surface area (Å²) in [5.74, 6) is 0.451. The lowest BCUT2D eigenvalue weighted by atomic mass is 10.3. The number of nitrogen functional groups attached to an aromatic ring is 1. The second-order valence-corrected chi connectivity index (χ2v) is 5.04. The highest BCUT2D eigenvalue weighted by atomic mass is 79.9. The first kappa shape index (κ1) is 14.8. The van der Waals surface area contributed by atoms with Crippen LogP contribution in [0.1, 0.15) is 6.92 Å². The highest BCUT2D eigenvalue weighted by Gasteiger charge is 2.11. The quantitative estimate of drug-likeness (QED) is 0.810. The summed E-state index contributed by atoms with van der Waals surface area (Å²) in [7, 11) is 0. The van der Waals surface area contributed by atoms with Crippen LogP contribution in [0.25, 0.3) is 0 Å². The maximum absolute atomic E-state index is 13.4. The van der Waals surface area contributed by atoms with E-state index in [1.807, 2.05) is 6.92 Å². The van der Waals surface area contributed by atoms with E-state index >= 15 is 0 Å². The molecule has 1 aromatic carbocycles. The molecule has 0 aliphatic heterocycles. The summed E-state index contributed by atoms with van der Waals surface area (Å²) in [6.45, 7) is 2.60. The van der Waals surface area contributed by atoms with Gasteiger partial charge in [-0.05, 0) is 28.9 Å². The average Bonchev–Trinajstić information content (AvgIpc) is 2.35. The van der Waals surface area contributed by atoms with Crippen LogP contribution in [0.2, 0.25) is 5.02 Å². The van der Waals surface area contributed by atoms with E-state index in [0.717, 1.165) is 6.07 Å². The maximum Gasteiger partial charge on any atom is 0.226 e. The van der Waals surface area contributed by atoms with E-state index in [1.165, 1.54) is 6.07 Å². The van der Waals surface area contributed by atoms with Crippen molar-refractivity contribution in [2.75, 3.05) is 17.6 Å². The van der Waals surface area contributed by atoms with E-state index in [4.69, 9.17) is 22.1 Å². The summed E-state index contributed by atoms with van der Waals surface area (Å²) in [6.07, 6.45) is 0. The van der Waals surface area contributed by atoms with Crippen molar-refractivity contribution in [3.05, 3.63) is 33.5 Å². The molecule has 0 saturated heterocycles. The number of nitrogens with two attached hydrogens (primary N) is 1. The van der Waals surface area contributed by atoms with E-state index in [1.54, 1.807) is 6.07 Å². The number of nitrogens with one attached hydrogen (secondary N) is 1. The number of hydrogen-bond donors (Lipinski definition) is 2. The van der Waals surface area contributed by atoms with Crippen molar-refractivity contribution in [3.63, 3.8) is 0 Å². The molecule has 0 aliphatic rings. The van der Waals surface area contributed by atoms with Crippen molar-refractivity contribution in [1.82, 2.24) is 9.97 Å².